The van der Waals surface area contributed by atoms with Gasteiger partial charge in [-0.15, -0.1) is 5.06 Å². The van der Waals surface area contributed by atoms with Crippen molar-refractivity contribution in [2.45, 2.75) is 39.3 Å². The molecule has 4 heteroatoms. The van der Waals surface area contributed by atoms with E-state index in [4.69, 9.17) is 9.57 Å². The van der Waals surface area contributed by atoms with E-state index < -0.39 is 0 Å². The molecule has 1 aliphatic rings. The number of hydrogen-bond donors (Lipinski definition) is 0. The van der Waals surface area contributed by atoms with Gasteiger partial charge in [-0.2, -0.15) is 0 Å². The number of hydrogen-bond acceptors (Lipinski definition) is 4. The molecule has 1 atom stereocenters. The molecule has 0 radical (unpaired) electrons. The van der Waals surface area contributed by atoms with Gasteiger partial charge in [-0.3, -0.25) is 4.79 Å². The van der Waals surface area contributed by atoms with Gasteiger partial charge < -0.3 is 9.57 Å². The Morgan fingerprint density at radius 1 is 1.30 bits per heavy atom. The molecular weight excluding hydrogens is 254 g/mol. The smallest absolute Gasteiger partial charge is 0.303 e. The Bertz CT molecular complexity index is 502. The molecule has 0 saturated carbocycles. The number of carbonyl (C=O) groups is 1. The van der Waals surface area contributed by atoms with E-state index in [9.17, 15) is 4.79 Å². The average Bonchev–Trinajstić information content (AvgIpc) is 2.81. The molecule has 0 bridgehead atoms. The van der Waals surface area contributed by atoms with Crippen LogP contribution >= 0.6 is 0 Å². The molecule has 0 fully saturated rings. The van der Waals surface area contributed by atoms with Crippen molar-refractivity contribution in [3.05, 3.63) is 47.7 Å². The first-order chi connectivity index (χ1) is 9.38. The van der Waals surface area contributed by atoms with Crippen LogP contribution < -0.4 is 0 Å². The number of rotatable bonds is 3. The highest BCUT2D eigenvalue weighted by Crippen LogP contribution is 2.36. The second-order valence-corrected chi connectivity index (χ2v) is 5.86. The van der Waals surface area contributed by atoms with Crippen LogP contribution in [0.15, 0.2) is 42.2 Å². The average molecular weight is 275 g/mol. The lowest BCUT2D eigenvalue weighted by molar-refractivity contribution is -0.185. The standard InChI is InChI=1S/C16H21NO3/c1-12(18)19-11-14-10-15(13-8-6-5-7-9-13)17(20-14)16(2,3)4/h5-10,15H,11H2,1-4H3. The van der Waals surface area contributed by atoms with E-state index in [-0.39, 0.29) is 24.2 Å². The van der Waals surface area contributed by atoms with Crippen LogP contribution in [-0.4, -0.2) is 23.2 Å². The van der Waals surface area contributed by atoms with E-state index >= 15 is 0 Å². The number of esters is 1. The van der Waals surface area contributed by atoms with Gasteiger partial charge in [0.25, 0.3) is 0 Å². The lowest BCUT2D eigenvalue weighted by Gasteiger charge is -2.35. The van der Waals surface area contributed by atoms with Crippen LogP contribution in [-0.2, 0) is 14.4 Å². The Morgan fingerprint density at radius 2 is 1.95 bits per heavy atom. The summed E-state index contributed by atoms with van der Waals surface area (Å²) in [4.78, 5) is 16.8. The molecule has 0 aliphatic carbocycles. The molecule has 108 valence electrons. The van der Waals surface area contributed by atoms with Crippen molar-refractivity contribution in [1.82, 2.24) is 5.06 Å². The van der Waals surface area contributed by atoms with Gasteiger partial charge in [-0.25, -0.2) is 0 Å². The van der Waals surface area contributed by atoms with Gasteiger partial charge in [0.1, 0.15) is 0 Å². The monoisotopic (exact) mass is 275 g/mol. The molecule has 1 aromatic carbocycles. The molecule has 1 aromatic rings. The molecule has 2 rings (SSSR count). The van der Waals surface area contributed by atoms with Crippen molar-refractivity contribution >= 4 is 5.97 Å². The number of ether oxygens (including phenoxy) is 1. The molecule has 0 N–H and O–H groups in total. The quantitative estimate of drug-likeness (QED) is 0.794. The molecule has 1 aliphatic heterocycles. The van der Waals surface area contributed by atoms with Crippen LogP contribution in [0.25, 0.3) is 0 Å². The van der Waals surface area contributed by atoms with Crippen LogP contribution in [0.3, 0.4) is 0 Å². The first kappa shape index (κ1) is 14.6. The van der Waals surface area contributed by atoms with Gasteiger partial charge in [-0.05, 0) is 32.4 Å². The van der Waals surface area contributed by atoms with Gasteiger partial charge in [0.15, 0.2) is 12.4 Å². The van der Waals surface area contributed by atoms with E-state index in [1.54, 1.807) is 0 Å². The summed E-state index contributed by atoms with van der Waals surface area (Å²) >= 11 is 0. The fraction of sp³-hybridized carbons (Fsp3) is 0.438. The first-order valence-electron chi connectivity index (χ1n) is 6.74. The van der Waals surface area contributed by atoms with Crippen LogP contribution in [0.2, 0.25) is 0 Å². The number of benzene rings is 1. The highest BCUT2D eigenvalue weighted by Gasteiger charge is 2.36. The maximum Gasteiger partial charge on any atom is 0.303 e. The largest absolute Gasteiger partial charge is 0.458 e. The van der Waals surface area contributed by atoms with E-state index in [0.717, 1.165) is 5.56 Å². The summed E-state index contributed by atoms with van der Waals surface area (Å²) in [6.07, 6.45) is 2.00. The third-order valence-electron chi connectivity index (χ3n) is 3.03. The fourth-order valence-electron chi connectivity index (χ4n) is 2.14. The Hall–Kier alpha value is -1.81. The third kappa shape index (κ3) is 3.39. The van der Waals surface area contributed by atoms with E-state index in [2.05, 4.69) is 32.9 Å². The van der Waals surface area contributed by atoms with Crippen molar-refractivity contribution in [3.63, 3.8) is 0 Å². The summed E-state index contributed by atoms with van der Waals surface area (Å²) < 4.78 is 5.01. The molecule has 4 nitrogen and oxygen atoms in total. The van der Waals surface area contributed by atoms with Crippen molar-refractivity contribution in [2.24, 2.45) is 0 Å². The minimum absolute atomic E-state index is 0.0294. The Balaban J connectivity index is 2.22. The van der Waals surface area contributed by atoms with Crippen molar-refractivity contribution in [2.75, 3.05) is 6.61 Å². The Labute approximate surface area is 119 Å². The molecule has 1 heterocycles. The van der Waals surface area contributed by atoms with E-state index in [1.165, 1.54) is 6.92 Å². The molecule has 0 amide bonds. The summed E-state index contributed by atoms with van der Waals surface area (Å²) in [7, 11) is 0. The van der Waals surface area contributed by atoms with Gasteiger partial charge in [0.2, 0.25) is 0 Å². The van der Waals surface area contributed by atoms with Crippen molar-refractivity contribution in [1.29, 1.82) is 0 Å². The summed E-state index contributed by atoms with van der Waals surface area (Å²) in [5, 5.41) is 1.93. The van der Waals surface area contributed by atoms with Gasteiger partial charge in [0.05, 0.1) is 6.04 Å². The topological polar surface area (TPSA) is 38.8 Å². The maximum atomic E-state index is 10.9. The second kappa shape index (κ2) is 5.67. The Morgan fingerprint density at radius 3 is 2.50 bits per heavy atom. The zero-order valence-electron chi connectivity index (χ0n) is 12.4. The number of nitrogens with zero attached hydrogens (tertiary/aromatic N) is 1. The predicted octanol–water partition coefficient (Wildman–Crippen LogP) is 3.22. The molecule has 0 aromatic heterocycles. The first-order valence-corrected chi connectivity index (χ1v) is 6.74. The minimum Gasteiger partial charge on any atom is -0.458 e. The zero-order chi connectivity index (χ0) is 14.8. The van der Waals surface area contributed by atoms with Gasteiger partial charge >= 0.3 is 5.97 Å². The molecular formula is C16H21NO3. The number of carbonyl (C=O) groups excluding carboxylic acids is 1. The van der Waals surface area contributed by atoms with Crippen LogP contribution in [0.5, 0.6) is 0 Å². The van der Waals surface area contributed by atoms with Crippen LogP contribution in [0.4, 0.5) is 0 Å². The third-order valence-corrected chi connectivity index (χ3v) is 3.03. The Kier molecular flexibility index (Phi) is 4.14. The van der Waals surface area contributed by atoms with Gasteiger partial charge in [-0.1, -0.05) is 30.3 Å². The van der Waals surface area contributed by atoms with Crippen LogP contribution in [0.1, 0.15) is 39.3 Å². The molecule has 0 spiro atoms. The second-order valence-electron chi connectivity index (χ2n) is 5.86. The SMILES string of the molecule is CC(=O)OCC1=CC(c2ccccc2)N(C(C)(C)C)O1. The van der Waals surface area contributed by atoms with Gasteiger partial charge in [0, 0.05) is 12.5 Å². The summed E-state index contributed by atoms with van der Waals surface area (Å²) in [5.74, 6) is 0.365. The highest BCUT2D eigenvalue weighted by molar-refractivity contribution is 5.66. The predicted molar refractivity (Wildman–Crippen MR) is 76.6 cm³/mol. The van der Waals surface area contributed by atoms with E-state index in [1.807, 2.05) is 29.3 Å². The van der Waals surface area contributed by atoms with Crippen molar-refractivity contribution in [3.8, 4) is 0 Å². The fourth-order valence-corrected chi connectivity index (χ4v) is 2.14. The normalized spacial score (nSPS) is 19.4. The summed E-state index contributed by atoms with van der Waals surface area (Å²) in [6.45, 7) is 7.83. The number of hydroxylamine groups is 2. The minimum atomic E-state index is -0.306. The molecule has 20 heavy (non-hydrogen) atoms. The lowest BCUT2D eigenvalue weighted by atomic mass is 10.0. The van der Waals surface area contributed by atoms with E-state index in [0.29, 0.717) is 5.76 Å². The highest BCUT2D eigenvalue weighted by atomic mass is 16.7. The molecule has 0 saturated heterocycles. The maximum absolute atomic E-state index is 10.9. The van der Waals surface area contributed by atoms with Crippen molar-refractivity contribution < 1.29 is 14.4 Å². The van der Waals surface area contributed by atoms with Crippen LogP contribution in [0, 0.1) is 0 Å². The zero-order valence-corrected chi connectivity index (χ0v) is 12.4. The summed E-state index contributed by atoms with van der Waals surface area (Å²) in [5.41, 5.74) is 0.995. The summed E-state index contributed by atoms with van der Waals surface area (Å²) in [6, 6.07) is 10.2. The lowest BCUT2D eigenvalue weighted by Crippen LogP contribution is -2.40. The molecule has 1 unspecified atom stereocenters.